The summed E-state index contributed by atoms with van der Waals surface area (Å²) in [5.41, 5.74) is 0. The molecule has 3 atom stereocenters. The van der Waals surface area contributed by atoms with E-state index >= 15 is 0 Å². The first-order valence-corrected chi connectivity index (χ1v) is 8.25. The molecule has 1 aromatic carbocycles. The van der Waals surface area contributed by atoms with Gasteiger partial charge in [0.1, 0.15) is 5.82 Å². The van der Waals surface area contributed by atoms with E-state index in [1.54, 1.807) is 6.07 Å². The summed E-state index contributed by atoms with van der Waals surface area (Å²) in [7, 11) is 0.771. The molecule has 1 aromatic rings. The Morgan fingerprint density at radius 1 is 1.32 bits per heavy atom. The minimum Gasteiger partial charge on any atom is -0.316 e. The molecule has 0 spiro atoms. The van der Waals surface area contributed by atoms with Crippen LogP contribution in [0.15, 0.2) is 23.1 Å². The zero-order valence-electron chi connectivity index (χ0n) is 11.0. The highest BCUT2D eigenvalue weighted by Gasteiger charge is 2.28. The van der Waals surface area contributed by atoms with Crippen LogP contribution in [-0.2, 0) is 10.8 Å². The van der Waals surface area contributed by atoms with Crippen molar-refractivity contribution in [3.8, 4) is 0 Å². The maximum atomic E-state index is 13.2. The summed E-state index contributed by atoms with van der Waals surface area (Å²) in [5, 5.41) is 3.39. The molecule has 0 amide bonds. The lowest BCUT2D eigenvalue weighted by atomic mass is 10.1. The van der Waals surface area contributed by atoms with Gasteiger partial charge in [0.05, 0.1) is 21.1 Å². The van der Waals surface area contributed by atoms with Gasteiger partial charge >= 0.3 is 0 Å². The third-order valence-corrected chi connectivity index (χ3v) is 5.84. The van der Waals surface area contributed by atoms with E-state index in [4.69, 9.17) is 11.6 Å². The SMILES string of the molecule is CNC1CCCCCC1S(=O)c1ccc(F)c(Cl)c1. The van der Waals surface area contributed by atoms with Crippen molar-refractivity contribution in [1.29, 1.82) is 0 Å². The summed E-state index contributed by atoms with van der Waals surface area (Å²) in [5.74, 6) is -0.464. The van der Waals surface area contributed by atoms with Crippen LogP contribution in [0.2, 0.25) is 5.02 Å². The van der Waals surface area contributed by atoms with Crippen molar-refractivity contribution in [2.45, 2.75) is 48.3 Å². The molecule has 1 aliphatic rings. The van der Waals surface area contributed by atoms with Gasteiger partial charge in [0.15, 0.2) is 0 Å². The second kappa shape index (κ2) is 6.82. The molecule has 2 nitrogen and oxygen atoms in total. The normalized spacial score (nSPS) is 25.8. The summed E-state index contributed by atoms with van der Waals surface area (Å²) >= 11 is 5.77. The van der Waals surface area contributed by atoms with Crippen molar-refractivity contribution in [1.82, 2.24) is 5.32 Å². The van der Waals surface area contributed by atoms with Crippen LogP contribution in [0.1, 0.15) is 32.1 Å². The van der Waals surface area contributed by atoms with Crippen LogP contribution in [0, 0.1) is 5.82 Å². The Hall–Kier alpha value is -0.450. The van der Waals surface area contributed by atoms with Crippen molar-refractivity contribution < 1.29 is 8.60 Å². The first-order chi connectivity index (χ1) is 9.13. The standard InChI is InChI=1S/C14H19ClFNOS/c1-17-13-5-3-2-4-6-14(13)19(18)10-7-8-12(16)11(15)9-10/h7-9,13-14,17H,2-6H2,1H3. The highest BCUT2D eigenvalue weighted by molar-refractivity contribution is 7.85. The van der Waals surface area contributed by atoms with Gasteiger partial charge in [0.2, 0.25) is 0 Å². The van der Waals surface area contributed by atoms with Gasteiger partial charge in [-0.15, -0.1) is 0 Å². The molecule has 0 bridgehead atoms. The van der Waals surface area contributed by atoms with Crippen molar-refractivity contribution in [2.24, 2.45) is 0 Å². The summed E-state index contributed by atoms with van der Waals surface area (Å²) in [4.78, 5) is 0.624. The van der Waals surface area contributed by atoms with Crippen LogP contribution in [0.3, 0.4) is 0 Å². The third kappa shape index (κ3) is 3.56. The van der Waals surface area contributed by atoms with Crippen LogP contribution in [0.25, 0.3) is 0 Å². The molecule has 5 heteroatoms. The third-order valence-electron chi connectivity index (χ3n) is 3.72. The van der Waals surface area contributed by atoms with E-state index in [-0.39, 0.29) is 16.3 Å². The van der Waals surface area contributed by atoms with Crippen LogP contribution in [-0.4, -0.2) is 22.5 Å². The molecule has 106 valence electrons. The first-order valence-electron chi connectivity index (χ1n) is 6.66. The van der Waals surface area contributed by atoms with Gasteiger partial charge in [-0.1, -0.05) is 30.9 Å². The number of nitrogens with one attached hydrogen (secondary N) is 1. The average Bonchev–Trinajstić information content (AvgIpc) is 2.66. The Bertz CT molecular complexity index is 469. The lowest BCUT2D eigenvalue weighted by Crippen LogP contribution is -2.39. The molecule has 2 rings (SSSR count). The quantitative estimate of drug-likeness (QED) is 0.866. The van der Waals surface area contributed by atoms with Gasteiger partial charge in [-0.3, -0.25) is 4.21 Å². The highest BCUT2D eigenvalue weighted by Crippen LogP contribution is 2.27. The van der Waals surface area contributed by atoms with Crippen molar-refractivity contribution in [3.63, 3.8) is 0 Å². The lowest BCUT2D eigenvalue weighted by molar-refractivity contribution is 0.500. The van der Waals surface area contributed by atoms with Crippen molar-refractivity contribution >= 4 is 22.4 Å². The maximum absolute atomic E-state index is 13.2. The molecule has 0 aromatic heterocycles. The molecule has 3 unspecified atom stereocenters. The van der Waals surface area contributed by atoms with Gasteiger partial charge < -0.3 is 5.32 Å². The van der Waals surface area contributed by atoms with E-state index in [1.807, 2.05) is 7.05 Å². The average molecular weight is 304 g/mol. The molecule has 1 aliphatic carbocycles. The molecule has 1 saturated carbocycles. The Kier molecular flexibility index (Phi) is 5.37. The Balaban J connectivity index is 2.22. The highest BCUT2D eigenvalue weighted by atomic mass is 35.5. The fourth-order valence-corrected chi connectivity index (χ4v) is 4.62. The Morgan fingerprint density at radius 2 is 2.05 bits per heavy atom. The summed E-state index contributed by atoms with van der Waals surface area (Å²) < 4.78 is 25.8. The molecule has 0 aliphatic heterocycles. The molecule has 0 saturated heterocycles. The van der Waals surface area contributed by atoms with Crippen molar-refractivity contribution in [2.75, 3.05) is 7.05 Å². The number of rotatable bonds is 3. The van der Waals surface area contributed by atoms with Gasteiger partial charge in [-0.2, -0.15) is 0 Å². The second-order valence-electron chi connectivity index (χ2n) is 4.94. The maximum Gasteiger partial charge on any atom is 0.141 e. The van der Waals surface area contributed by atoms with E-state index in [0.29, 0.717) is 4.90 Å². The fourth-order valence-electron chi connectivity index (χ4n) is 2.64. The largest absolute Gasteiger partial charge is 0.316 e. The topological polar surface area (TPSA) is 29.1 Å². The molecule has 1 N–H and O–H groups in total. The van der Waals surface area contributed by atoms with Gasteiger partial charge in [-0.05, 0) is 38.1 Å². The van der Waals surface area contributed by atoms with E-state index < -0.39 is 16.6 Å². The first kappa shape index (κ1) is 14.9. The number of halogens is 2. The number of hydrogen-bond acceptors (Lipinski definition) is 2. The molecule has 1 fully saturated rings. The second-order valence-corrected chi connectivity index (χ2v) is 7.02. The van der Waals surface area contributed by atoms with Gasteiger partial charge in [0.25, 0.3) is 0 Å². The minimum atomic E-state index is -1.14. The van der Waals surface area contributed by atoms with E-state index in [1.165, 1.54) is 25.0 Å². The van der Waals surface area contributed by atoms with Crippen molar-refractivity contribution in [3.05, 3.63) is 29.0 Å². The smallest absolute Gasteiger partial charge is 0.141 e. The Labute approximate surface area is 121 Å². The number of benzene rings is 1. The summed E-state index contributed by atoms with van der Waals surface area (Å²) in [6, 6.07) is 4.62. The summed E-state index contributed by atoms with van der Waals surface area (Å²) in [6.07, 6.45) is 5.44. The number of hydrogen-bond donors (Lipinski definition) is 1. The zero-order valence-corrected chi connectivity index (χ0v) is 12.6. The predicted molar refractivity (Wildman–Crippen MR) is 77.5 cm³/mol. The van der Waals surface area contributed by atoms with E-state index in [9.17, 15) is 8.60 Å². The lowest BCUT2D eigenvalue weighted by Gasteiger charge is -2.24. The summed E-state index contributed by atoms with van der Waals surface area (Å²) in [6.45, 7) is 0. The van der Waals surface area contributed by atoms with Crippen LogP contribution >= 0.6 is 11.6 Å². The zero-order chi connectivity index (χ0) is 13.8. The van der Waals surface area contributed by atoms with E-state index in [2.05, 4.69) is 5.32 Å². The Morgan fingerprint density at radius 3 is 2.74 bits per heavy atom. The van der Waals surface area contributed by atoms with Crippen LogP contribution in [0.4, 0.5) is 4.39 Å². The molecular formula is C14H19ClFNOS. The monoisotopic (exact) mass is 303 g/mol. The van der Waals surface area contributed by atoms with Gasteiger partial charge in [0, 0.05) is 10.9 Å². The fraction of sp³-hybridized carbons (Fsp3) is 0.571. The minimum absolute atomic E-state index is 0.0421. The molecule has 0 heterocycles. The van der Waals surface area contributed by atoms with Crippen LogP contribution < -0.4 is 5.32 Å². The molecular weight excluding hydrogens is 285 g/mol. The van der Waals surface area contributed by atoms with E-state index in [0.717, 1.165) is 19.3 Å². The van der Waals surface area contributed by atoms with Gasteiger partial charge in [-0.25, -0.2) is 4.39 Å². The molecule has 0 radical (unpaired) electrons. The molecule has 19 heavy (non-hydrogen) atoms. The predicted octanol–water partition coefficient (Wildman–Crippen LogP) is 3.51. The van der Waals surface area contributed by atoms with Crippen LogP contribution in [0.5, 0.6) is 0 Å².